The van der Waals surface area contributed by atoms with Crippen molar-refractivity contribution in [1.29, 1.82) is 0 Å². The van der Waals surface area contributed by atoms with E-state index in [4.69, 9.17) is 4.74 Å². The number of anilines is 1. The van der Waals surface area contributed by atoms with E-state index >= 15 is 0 Å². The molecule has 3 heterocycles. The average Bonchev–Trinajstić information content (AvgIpc) is 3.28. The monoisotopic (exact) mass is 497 g/mol. The lowest BCUT2D eigenvalue weighted by atomic mass is 9.83. The lowest BCUT2D eigenvalue weighted by molar-refractivity contribution is -0.126. The van der Waals surface area contributed by atoms with Gasteiger partial charge in [-0.1, -0.05) is 47.4 Å². The molecule has 2 aliphatic rings. The Morgan fingerprint density at radius 3 is 2.65 bits per heavy atom. The van der Waals surface area contributed by atoms with E-state index < -0.39 is 28.9 Å². The molecule has 2 unspecified atom stereocenters. The number of carbonyl (C=O) groups excluding carboxylic acids is 3. The number of rotatable bonds is 5. The average molecular weight is 498 g/mol. The number of thiazole rings is 1. The molecule has 3 amide bonds. The predicted molar refractivity (Wildman–Crippen MR) is 126 cm³/mol. The smallest absolute Gasteiger partial charge is 0.308 e. The van der Waals surface area contributed by atoms with Crippen LogP contribution >= 0.6 is 23.1 Å². The molecule has 5 rings (SSSR count). The van der Waals surface area contributed by atoms with Gasteiger partial charge in [-0.3, -0.25) is 29.1 Å². The van der Waals surface area contributed by atoms with Crippen molar-refractivity contribution in [3.63, 3.8) is 0 Å². The molecule has 9 nitrogen and oxygen atoms in total. The molecule has 2 aliphatic heterocycles. The number of phenolic OH excluding ortho intramolecular Hbond substituents is 1. The standard InChI is InChI=1S/C23H19N3O6S2/c1-32-14-9-11(7-8-13(14)27)16-17-18(21(30)25-20(17)29)33-22-19(16)34-23(31)26(22)10-15(28)24-12-5-3-2-4-6-12/h2-9,16-18,27H,10H2,1H3,(H,24,28)(H,25,29,30)/t16-,17?,18?/m0/s1. The van der Waals surface area contributed by atoms with E-state index in [1.54, 1.807) is 36.4 Å². The van der Waals surface area contributed by atoms with Crippen molar-refractivity contribution in [2.45, 2.75) is 22.7 Å². The second-order valence-electron chi connectivity index (χ2n) is 7.86. The molecule has 1 aromatic heterocycles. The SMILES string of the molecule is COc1cc([C@@H]2c3sc(=O)n(CC(=O)Nc4ccccc4)c3SC3C(=O)NC(=O)C32)ccc1O. The number of imide groups is 1. The molecule has 34 heavy (non-hydrogen) atoms. The van der Waals surface area contributed by atoms with Crippen LogP contribution in [0.5, 0.6) is 11.5 Å². The summed E-state index contributed by atoms with van der Waals surface area (Å²) in [6.45, 7) is -0.231. The fraction of sp³-hybridized carbons (Fsp3) is 0.217. The van der Waals surface area contributed by atoms with Crippen molar-refractivity contribution >= 4 is 46.5 Å². The summed E-state index contributed by atoms with van der Waals surface area (Å²) < 4.78 is 6.57. The van der Waals surface area contributed by atoms with Crippen molar-refractivity contribution in [2.75, 3.05) is 12.4 Å². The second-order valence-corrected chi connectivity index (χ2v) is 9.99. The molecule has 1 fully saturated rings. The van der Waals surface area contributed by atoms with Crippen LogP contribution in [0, 0.1) is 5.92 Å². The van der Waals surface area contributed by atoms with Gasteiger partial charge < -0.3 is 15.2 Å². The second kappa shape index (κ2) is 8.65. The van der Waals surface area contributed by atoms with Crippen molar-refractivity contribution < 1.29 is 24.2 Å². The molecule has 3 N–H and O–H groups in total. The molecule has 0 spiro atoms. The summed E-state index contributed by atoms with van der Waals surface area (Å²) in [4.78, 5) is 51.2. The van der Waals surface area contributed by atoms with Gasteiger partial charge in [-0.15, -0.1) is 0 Å². The summed E-state index contributed by atoms with van der Waals surface area (Å²) in [6.07, 6.45) is 0. The topological polar surface area (TPSA) is 127 Å². The predicted octanol–water partition coefficient (Wildman–Crippen LogP) is 2.14. The molecule has 2 aromatic carbocycles. The number of hydrogen-bond donors (Lipinski definition) is 3. The first kappa shape index (κ1) is 22.2. The van der Waals surface area contributed by atoms with Crippen molar-refractivity contribution in [3.05, 3.63) is 68.6 Å². The number of aromatic nitrogens is 1. The number of fused-ring (bicyclic) bond motifs is 2. The molecular formula is C23H19N3O6S2. The fourth-order valence-corrected chi connectivity index (χ4v) is 7.03. The van der Waals surface area contributed by atoms with Gasteiger partial charge in [0.05, 0.1) is 18.1 Å². The number of nitrogens with one attached hydrogen (secondary N) is 2. The molecule has 0 aliphatic carbocycles. The number of aromatic hydroxyl groups is 1. The van der Waals surface area contributed by atoms with Gasteiger partial charge in [0, 0.05) is 16.5 Å². The number of hydrogen-bond acceptors (Lipinski definition) is 8. The molecule has 0 saturated carbocycles. The van der Waals surface area contributed by atoms with Crippen molar-refractivity contribution in [2.24, 2.45) is 5.92 Å². The minimum atomic E-state index is -0.748. The van der Waals surface area contributed by atoms with Crippen LogP contribution in [0.2, 0.25) is 0 Å². The molecule has 174 valence electrons. The van der Waals surface area contributed by atoms with Gasteiger partial charge in [0.2, 0.25) is 17.7 Å². The highest BCUT2D eigenvalue weighted by molar-refractivity contribution is 8.00. The molecular weight excluding hydrogens is 478 g/mol. The number of para-hydroxylation sites is 1. The maximum atomic E-state index is 13.0. The highest BCUT2D eigenvalue weighted by Gasteiger charge is 2.53. The van der Waals surface area contributed by atoms with Gasteiger partial charge in [-0.05, 0) is 29.8 Å². The van der Waals surface area contributed by atoms with E-state index in [9.17, 15) is 24.3 Å². The zero-order chi connectivity index (χ0) is 24.0. The third kappa shape index (κ3) is 3.76. The van der Waals surface area contributed by atoms with Gasteiger partial charge in [0.1, 0.15) is 11.8 Å². The highest BCUT2D eigenvalue weighted by atomic mass is 32.2. The fourth-order valence-electron chi connectivity index (χ4n) is 4.29. The van der Waals surface area contributed by atoms with Crippen LogP contribution in [0.3, 0.4) is 0 Å². The normalized spacial score (nSPS) is 20.9. The summed E-state index contributed by atoms with van der Waals surface area (Å²) >= 11 is 2.08. The molecule has 3 aromatic rings. The maximum Gasteiger partial charge on any atom is 0.308 e. The van der Waals surface area contributed by atoms with Crippen LogP contribution in [0.15, 0.2) is 58.4 Å². The Balaban J connectivity index is 1.57. The number of phenols is 1. The molecule has 0 radical (unpaired) electrons. The number of nitrogens with zero attached hydrogens (tertiary/aromatic N) is 1. The summed E-state index contributed by atoms with van der Waals surface area (Å²) in [5.74, 6) is -2.43. The summed E-state index contributed by atoms with van der Waals surface area (Å²) in [5.41, 5.74) is 1.23. The third-order valence-electron chi connectivity index (χ3n) is 5.81. The Kier molecular flexibility index (Phi) is 5.66. The first-order valence-corrected chi connectivity index (χ1v) is 12.0. The van der Waals surface area contributed by atoms with E-state index in [2.05, 4.69) is 10.6 Å². The van der Waals surface area contributed by atoms with Crippen molar-refractivity contribution in [3.8, 4) is 11.5 Å². The largest absolute Gasteiger partial charge is 0.504 e. The van der Waals surface area contributed by atoms with Gasteiger partial charge >= 0.3 is 4.87 Å². The van der Waals surface area contributed by atoms with E-state index in [-0.39, 0.29) is 28.8 Å². The van der Waals surface area contributed by atoms with Crippen LogP contribution in [0.1, 0.15) is 16.4 Å². The molecule has 3 atom stereocenters. The molecule has 1 saturated heterocycles. The first-order valence-electron chi connectivity index (χ1n) is 10.3. The number of benzene rings is 2. The zero-order valence-electron chi connectivity index (χ0n) is 17.8. The number of amides is 3. The lowest BCUT2D eigenvalue weighted by Gasteiger charge is -2.31. The minimum Gasteiger partial charge on any atom is -0.504 e. The van der Waals surface area contributed by atoms with Gasteiger partial charge in [0.15, 0.2) is 11.5 Å². The summed E-state index contributed by atoms with van der Waals surface area (Å²) in [6, 6.07) is 13.6. The van der Waals surface area contributed by atoms with E-state index in [0.29, 0.717) is 21.2 Å². The van der Waals surface area contributed by atoms with E-state index in [1.807, 2.05) is 6.07 Å². The number of thioether (sulfide) groups is 1. The Labute approximate surface area is 201 Å². The third-order valence-corrected chi connectivity index (χ3v) is 8.43. The Hall–Kier alpha value is -3.57. The summed E-state index contributed by atoms with van der Waals surface area (Å²) in [7, 11) is 1.41. The van der Waals surface area contributed by atoms with Gasteiger partial charge in [-0.25, -0.2) is 0 Å². The number of carbonyl (C=O) groups is 3. The Morgan fingerprint density at radius 2 is 1.91 bits per heavy atom. The van der Waals surface area contributed by atoms with Crippen LogP contribution in [-0.4, -0.2) is 39.8 Å². The number of ether oxygens (including phenoxy) is 1. The van der Waals surface area contributed by atoms with Crippen molar-refractivity contribution in [1.82, 2.24) is 9.88 Å². The van der Waals surface area contributed by atoms with E-state index in [1.165, 1.54) is 17.7 Å². The molecule has 0 bridgehead atoms. The molecule has 11 heteroatoms. The lowest BCUT2D eigenvalue weighted by Crippen LogP contribution is -2.32. The van der Waals surface area contributed by atoms with Crippen LogP contribution in [-0.2, 0) is 20.9 Å². The Morgan fingerprint density at radius 1 is 1.15 bits per heavy atom. The zero-order valence-corrected chi connectivity index (χ0v) is 19.4. The summed E-state index contributed by atoms with van der Waals surface area (Å²) in [5, 5.41) is 14.9. The highest BCUT2D eigenvalue weighted by Crippen LogP contribution is 2.52. The van der Waals surface area contributed by atoms with E-state index in [0.717, 1.165) is 23.1 Å². The maximum absolute atomic E-state index is 13.0. The van der Waals surface area contributed by atoms with Gasteiger partial charge in [-0.2, -0.15) is 0 Å². The van der Waals surface area contributed by atoms with Crippen LogP contribution < -0.4 is 20.2 Å². The van der Waals surface area contributed by atoms with Crippen LogP contribution in [0.25, 0.3) is 0 Å². The van der Waals surface area contributed by atoms with Gasteiger partial charge in [0.25, 0.3) is 0 Å². The minimum absolute atomic E-state index is 0.0662. The first-order chi connectivity index (χ1) is 16.4. The van der Waals surface area contributed by atoms with Crippen LogP contribution in [0.4, 0.5) is 5.69 Å². The number of methoxy groups -OCH3 is 1. The quantitative estimate of drug-likeness (QED) is 0.461. The Bertz CT molecular complexity index is 1370.